The quantitative estimate of drug-likeness (QED) is 0.905. The maximum Gasteiger partial charge on any atom is 0.131 e. The standard InChI is InChI=1S/C14H21NO3.ClH/c1-16-10-7-11(17-2)13(12(8-10)18-3)14(15)9-5-4-6-9;/h7-9,14H,4-6,15H2,1-3H3;1H/t14-;/m1./s1. The van der Waals surface area contributed by atoms with Crippen LogP contribution >= 0.6 is 12.4 Å². The van der Waals surface area contributed by atoms with E-state index in [1.165, 1.54) is 19.3 Å². The Balaban J connectivity index is 0.00000180. The van der Waals surface area contributed by atoms with E-state index in [4.69, 9.17) is 19.9 Å². The molecule has 0 bridgehead atoms. The highest BCUT2D eigenvalue weighted by Gasteiger charge is 2.30. The second kappa shape index (κ2) is 6.87. The summed E-state index contributed by atoms with van der Waals surface area (Å²) in [5.41, 5.74) is 7.29. The zero-order valence-electron chi connectivity index (χ0n) is 11.6. The molecule has 108 valence electrons. The summed E-state index contributed by atoms with van der Waals surface area (Å²) in [6, 6.07) is 3.68. The molecule has 2 rings (SSSR count). The van der Waals surface area contributed by atoms with Crippen LogP contribution < -0.4 is 19.9 Å². The first-order valence-electron chi connectivity index (χ1n) is 6.26. The van der Waals surface area contributed by atoms with Gasteiger partial charge in [-0.15, -0.1) is 12.4 Å². The van der Waals surface area contributed by atoms with Gasteiger partial charge in [-0.1, -0.05) is 6.42 Å². The van der Waals surface area contributed by atoms with E-state index in [1.54, 1.807) is 21.3 Å². The van der Waals surface area contributed by atoms with Gasteiger partial charge in [-0.05, 0) is 18.8 Å². The Hall–Kier alpha value is -1.13. The Labute approximate surface area is 120 Å². The van der Waals surface area contributed by atoms with Crippen LogP contribution in [0, 0.1) is 5.92 Å². The first kappa shape index (κ1) is 15.9. The lowest BCUT2D eigenvalue weighted by molar-refractivity contribution is 0.253. The Morgan fingerprint density at radius 3 is 1.89 bits per heavy atom. The summed E-state index contributed by atoms with van der Waals surface area (Å²) in [7, 11) is 4.91. The molecule has 0 aliphatic heterocycles. The fourth-order valence-corrected chi connectivity index (χ4v) is 2.40. The van der Waals surface area contributed by atoms with Crippen LogP contribution in [0.2, 0.25) is 0 Å². The molecule has 0 heterocycles. The molecule has 1 atom stereocenters. The van der Waals surface area contributed by atoms with E-state index in [2.05, 4.69) is 0 Å². The summed E-state index contributed by atoms with van der Waals surface area (Å²) in [6.45, 7) is 0. The van der Waals surface area contributed by atoms with Crippen LogP contribution in [0.3, 0.4) is 0 Å². The highest BCUT2D eigenvalue weighted by Crippen LogP contribution is 2.44. The zero-order valence-corrected chi connectivity index (χ0v) is 12.5. The van der Waals surface area contributed by atoms with Crippen LogP contribution in [0.15, 0.2) is 12.1 Å². The Kier molecular flexibility index (Phi) is 5.76. The predicted octanol–water partition coefficient (Wildman–Crippen LogP) is 2.93. The van der Waals surface area contributed by atoms with Crippen molar-refractivity contribution >= 4 is 12.4 Å². The summed E-state index contributed by atoms with van der Waals surface area (Å²) < 4.78 is 16.1. The molecule has 1 fully saturated rings. The zero-order chi connectivity index (χ0) is 13.1. The first-order valence-corrected chi connectivity index (χ1v) is 6.26. The van der Waals surface area contributed by atoms with Gasteiger partial charge in [0.2, 0.25) is 0 Å². The first-order chi connectivity index (χ1) is 8.71. The topological polar surface area (TPSA) is 53.7 Å². The average Bonchev–Trinajstić information content (AvgIpc) is 2.34. The molecule has 1 aliphatic carbocycles. The monoisotopic (exact) mass is 287 g/mol. The van der Waals surface area contributed by atoms with Gasteiger partial charge in [0.25, 0.3) is 0 Å². The van der Waals surface area contributed by atoms with Gasteiger partial charge in [0.05, 0.1) is 26.9 Å². The fourth-order valence-electron chi connectivity index (χ4n) is 2.40. The number of rotatable bonds is 5. The van der Waals surface area contributed by atoms with Crippen molar-refractivity contribution in [2.45, 2.75) is 25.3 Å². The predicted molar refractivity (Wildman–Crippen MR) is 77.6 cm³/mol. The number of benzene rings is 1. The molecule has 5 heteroatoms. The maximum atomic E-state index is 6.34. The van der Waals surface area contributed by atoms with Crippen molar-refractivity contribution in [3.8, 4) is 17.2 Å². The average molecular weight is 288 g/mol. The molecular weight excluding hydrogens is 266 g/mol. The molecule has 0 saturated heterocycles. The Bertz CT molecular complexity index is 396. The fraction of sp³-hybridized carbons (Fsp3) is 0.571. The van der Waals surface area contributed by atoms with Gasteiger partial charge in [0.15, 0.2) is 0 Å². The van der Waals surface area contributed by atoms with E-state index >= 15 is 0 Å². The lowest BCUT2D eigenvalue weighted by Gasteiger charge is -2.33. The second-order valence-electron chi connectivity index (χ2n) is 4.66. The van der Waals surface area contributed by atoms with Gasteiger partial charge >= 0.3 is 0 Å². The van der Waals surface area contributed by atoms with Crippen molar-refractivity contribution in [1.82, 2.24) is 0 Å². The van der Waals surface area contributed by atoms with Gasteiger partial charge in [-0.3, -0.25) is 0 Å². The molecule has 1 aromatic carbocycles. The van der Waals surface area contributed by atoms with Crippen molar-refractivity contribution in [3.05, 3.63) is 17.7 Å². The smallest absolute Gasteiger partial charge is 0.131 e. The summed E-state index contributed by atoms with van der Waals surface area (Å²) in [5, 5.41) is 0. The summed E-state index contributed by atoms with van der Waals surface area (Å²) in [5.74, 6) is 2.73. The number of halogens is 1. The molecule has 0 amide bonds. The maximum absolute atomic E-state index is 6.34. The molecule has 2 N–H and O–H groups in total. The molecule has 0 unspecified atom stereocenters. The molecule has 1 saturated carbocycles. The van der Waals surface area contributed by atoms with Gasteiger partial charge in [0, 0.05) is 18.2 Å². The minimum absolute atomic E-state index is 0. The van der Waals surface area contributed by atoms with Crippen molar-refractivity contribution < 1.29 is 14.2 Å². The van der Waals surface area contributed by atoms with Crippen molar-refractivity contribution in [2.75, 3.05) is 21.3 Å². The third-order valence-electron chi connectivity index (χ3n) is 3.74. The van der Waals surface area contributed by atoms with Crippen molar-refractivity contribution in [1.29, 1.82) is 0 Å². The van der Waals surface area contributed by atoms with Crippen molar-refractivity contribution in [3.63, 3.8) is 0 Å². The van der Waals surface area contributed by atoms with Gasteiger partial charge in [0.1, 0.15) is 17.2 Å². The summed E-state index contributed by atoms with van der Waals surface area (Å²) in [4.78, 5) is 0. The van der Waals surface area contributed by atoms with E-state index in [0.29, 0.717) is 11.7 Å². The van der Waals surface area contributed by atoms with E-state index < -0.39 is 0 Å². The third kappa shape index (κ3) is 3.07. The van der Waals surface area contributed by atoms with E-state index in [-0.39, 0.29) is 18.4 Å². The van der Waals surface area contributed by atoms with Crippen LogP contribution in [-0.2, 0) is 0 Å². The molecule has 0 spiro atoms. The number of nitrogens with two attached hydrogens (primary N) is 1. The molecule has 19 heavy (non-hydrogen) atoms. The van der Waals surface area contributed by atoms with Crippen LogP contribution in [0.5, 0.6) is 17.2 Å². The van der Waals surface area contributed by atoms with E-state index in [9.17, 15) is 0 Å². The highest BCUT2D eigenvalue weighted by atomic mass is 35.5. The molecule has 0 aromatic heterocycles. The lowest BCUT2D eigenvalue weighted by atomic mass is 9.77. The molecular formula is C14H22ClNO3. The molecule has 1 aliphatic rings. The highest BCUT2D eigenvalue weighted by molar-refractivity contribution is 5.85. The molecule has 4 nitrogen and oxygen atoms in total. The van der Waals surface area contributed by atoms with Gasteiger partial charge in [-0.25, -0.2) is 0 Å². The largest absolute Gasteiger partial charge is 0.496 e. The minimum atomic E-state index is -0.0328. The van der Waals surface area contributed by atoms with Crippen LogP contribution in [0.4, 0.5) is 0 Å². The van der Waals surface area contributed by atoms with E-state index in [0.717, 1.165) is 17.1 Å². The Morgan fingerprint density at radius 1 is 1.05 bits per heavy atom. The minimum Gasteiger partial charge on any atom is -0.496 e. The number of hydrogen-bond acceptors (Lipinski definition) is 4. The van der Waals surface area contributed by atoms with Crippen LogP contribution in [0.1, 0.15) is 30.9 Å². The summed E-state index contributed by atoms with van der Waals surface area (Å²) >= 11 is 0. The molecule has 1 aromatic rings. The van der Waals surface area contributed by atoms with Gasteiger partial charge in [-0.2, -0.15) is 0 Å². The normalized spacial score (nSPS) is 16.0. The van der Waals surface area contributed by atoms with E-state index in [1.807, 2.05) is 12.1 Å². The number of methoxy groups -OCH3 is 3. The number of hydrogen-bond donors (Lipinski definition) is 1. The Morgan fingerprint density at radius 2 is 1.58 bits per heavy atom. The third-order valence-corrected chi connectivity index (χ3v) is 3.74. The summed E-state index contributed by atoms with van der Waals surface area (Å²) in [6.07, 6.45) is 3.62. The lowest BCUT2D eigenvalue weighted by Crippen LogP contribution is -2.27. The second-order valence-corrected chi connectivity index (χ2v) is 4.66. The number of ether oxygens (including phenoxy) is 3. The van der Waals surface area contributed by atoms with Crippen molar-refractivity contribution in [2.24, 2.45) is 11.7 Å². The van der Waals surface area contributed by atoms with Crippen LogP contribution in [0.25, 0.3) is 0 Å². The molecule has 0 radical (unpaired) electrons. The SMILES string of the molecule is COc1cc(OC)c([C@H](N)C2CCC2)c(OC)c1.Cl. The van der Waals surface area contributed by atoms with Crippen LogP contribution in [-0.4, -0.2) is 21.3 Å². The van der Waals surface area contributed by atoms with Gasteiger partial charge < -0.3 is 19.9 Å².